The third-order valence-electron chi connectivity index (χ3n) is 3.11. The summed E-state index contributed by atoms with van der Waals surface area (Å²) in [5, 5.41) is 3.44. The van der Waals surface area contributed by atoms with Gasteiger partial charge in [0.2, 0.25) is 0 Å². The van der Waals surface area contributed by atoms with Crippen LogP contribution in [0.3, 0.4) is 0 Å². The summed E-state index contributed by atoms with van der Waals surface area (Å²) in [5.41, 5.74) is 2.22. The van der Waals surface area contributed by atoms with Gasteiger partial charge < -0.3 is 10.1 Å². The molecular formula is C17H21BrN2O. The highest BCUT2D eigenvalue weighted by atomic mass is 79.9. The number of ether oxygens (including phenoxy) is 1. The Bertz CT molecular complexity index is 599. The zero-order chi connectivity index (χ0) is 15.2. The first-order chi connectivity index (χ1) is 10.1. The number of nitrogens with zero attached hydrogens (tertiary/aromatic N) is 1. The first-order valence-corrected chi connectivity index (χ1v) is 7.93. The number of benzene rings is 1. The van der Waals surface area contributed by atoms with Crippen LogP contribution in [-0.2, 0) is 6.54 Å². The van der Waals surface area contributed by atoms with E-state index in [2.05, 4.69) is 40.1 Å². The van der Waals surface area contributed by atoms with Gasteiger partial charge in [-0.2, -0.15) is 0 Å². The van der Waals surface area contributed by atoms with Crippen molar-refractivity contribution in [1.29, 1.82) is 0 Å². The number of aromatic nitrogens is 1. The molecule has 0 atom stereocenters. The van der Waals surface area contributed by atoms with Gasteiger partial charge >= 0.3 is 0 Å². The van der Waals surface area contributed by atoms with Gasteiger partial charge in [0.15, 0.2) is 0 Å². The number of nitrogens with one attached hydrogen (secondary N) is 1. The third kappa shape index (κ3) is 4.83. The van der Waals surface area contributed by atoms with Crippen LogP contribution in [0.1, 0.15) is 25.0 Å². The highest BCUT2D eigenvalue weighted by Crippen LogP contribution is 2.29. The normalized spacial score (nSPS) is 10.9. The number of rotatable bonds is 6. The van der Waals surface area contributed by atoms with Gasteiger partial charge in [-0.15, -0.1) is 0 Å². The predicted molar refractivity (Wildman–Crippen MR) is 89.7 cm³/mol. The first kappa shape index (κ1) is 16.0. The molecule has 4 heteroatoms. The summed E-state index contributed by atoms with van der Waals surface area (Å²) >= 11 is 3.48. The van der Waals surface area contributed by atoms with Crippen LogP contribution >= 0.6 is 15.9 Å². The van der Waals surface area contributed by atoms with Crippen LogP contribution in [0.5, 0.6) is 11.5 Å². The zero-order valence-electron chi connectivity index (χ0n) is 12.7. The number of pyridine rings is 1. The van der Waals surface area contributed by atoms with Crippen molar-refractivity contribution in [2.45, 2.75) is 27.3 Å². The average molecular weight is 349 g/mol. The van der Waals surface area contributed by atoms with Crippen LogP contribution < -0.4 is 10.1 Å². The molecule has 0 fully saturated rings. The Morgan fingerprint density at radius 1 is 1.24 bits per heavy atom. The van der Waals surface area contributed by atoms with Gasteiger partial charge in [-0.25, -0.2) is 0 Å². The molecule has 21 heavy (non-hydrogen) atoms. The molecule has 0 saturated heterocycles. The SMILES string of the molecule is Cc1ccc(Br)cc1Oc1cnccc1CNCC(C)C. The van der Waals surface area contributed by atoms with Crippen LogP contribution in [0.4, 0.5) is 0 Å². The molecule has 0 aliphatic carbocycles. The first-order valence-electron chi connectivity index (χ1n) is 7.14. The van der Waals surface area contributed by atoms with Crippen LogP contribution in [-0.4, -0.2) is 11.5 Å². The fourth-order valence-corrected chi connectivity index (χ4v) is 2.28. The summed E-state index contributed by atoms with van der Waals surface area (Å²) in [6.45, 7) is 8.19. The van der Waals surface area contributed by atoms with E-state index in [1.807, 2.05) is 31.2 Å². The number of hydrogen-bond donors (Lipinski definition) is 1. The molecule has 0 unspecified atom stereocenters. The molecule has 2 rings (SSSR count). The van der Waals surface area contributed by atoms with Crippen molar-refractivity contribution in [3.8, 4) is 11.5 Å². The molecule has 3 nitrogen and oxygen atoms in total. The molecule has 0 saturated carbocycles. The molecule has 0 aliphatic heterocycles. The van der Waals surface area contributed by atoms with Gasteiger partial charge in [0, 0.05) is 22.8 Å². The van der Waals surface area contributed by atoms with E-state index in [1.54, 1.807) is 12.4 Å². The smallest absolute Gasteiger partial charge is 0.150 e. The molecule has 0 aliphatic rings. The fraction of sp³-hybridized carbons (Fsp3) is 0.353. The molecule has 1 heterocycles. The maximum Gasteiger partial charge on any atom is 0.150 e. The van der Waals surface area contributed by atoms with Crippen molar-refractivity contribution in [2.75, 3.05) is 6.54 Å². The van der Waals surface area contributed by atoms with E-state index >= 15 is 0 Å². The fourth-order valence-electron chi connectivity index (χ4n) is 1.94. The molecule has 0 amide bonds. The monoisotopic (exact) mass is 348 g/mol. The van der Waals surface area contributed by atoms with Gasteiger partial charge in [-0.1, -0.05) is 35.8 Å². The minimum absolute atomic E-state index is 0.628. The summed E-state index contributed by atoms with van der Waals surface area (Å²) in [6, 6.07) is 8.02. The van der Waals surface area contributed by atoms with E-state index in [4.69, 9.17) is 4.74 Å². The molecule has 2 aromatic rings. The predicted octanol–water partition coefficient (Wildman–Crippen LogP) is 4.69. The molecule has 0 radical (unpaired) electrons. The van der Waals surface area contributed by atoms with Crippen molar-refractivity contribution < 1.29 is 4.74 Å². The summed E-state index contributed by atoms with van der Waals surface area (Å²) < 4.78 is 7.05. The molecule has 0 spiro atoms. The largest absolute Gasteiger partial charge is 0.455 e. The molecule has 1 N–H and O–H groups in total. The lowest BCUT2D eigenvalue weighted by atomic mass is 10.2. The van der Waals surface area contributed by atoms with Crippen molar-refractivity contribution in [1.82, 2.24) is 10.3 Å². The average Bonchev–Trinajstić information content (AvgIpc) is 2.44. The highest BCUT2D eigenvalue weighted by molar-refractivity contribution is 9.10. The maximum absolute atomic E-state index is 6.05. The van der Waals surface area contributed by atoms with Gasteiger partial charge in [0.1, 0.15) is 11.5 Å². The summed E-state index contributed by atoms with van der Waals surface area (Å²) in [4.78, 5) is 4.17. The lowest BCUT2D eigenvalue weighted by Crippen LogP contribution is -2.19. The zero-order valence-corrected chi connectivity index (χ0v) is 14.3. The van der Waals surface area contributed by atoms with E-state index in [0.29, 0.717) is 5.92 Å². The van der Waals surface area contributed by atoms with Crippen molar-refractivity contribution in [2.24, 2.45) is 5.92 Å². The van der Waals surface area contributed by atoms with E-state index in [0.717, 1.165) is 40.2 Å². The van der Waals surface area contributed by atoms with Crippen molar-refractivity contribution in [3.63, 3.8) is 0 Å². The summed E-state index contributed by atoms with van der Waals surface area (Å²) in [6.07, 6.45) is 3.57. The van der Waals surface area contributed by atoms with Crippen LogP contribution in [0.2, 0.25) is 0 Å². The van der Waals surface area contributed by atoms with Gasteiger partial charge in [-0.3, -0.25) is 4.98 Å². The second kappa shape index (κ2) is 7.57. The molecule has 1 aromatic carbocycles. The van der Waals surface area contributed by atoms with E-state index < -0.39 is 0 Å². The van der Waals surface area contributed by atoms with Crippen molar-refractivity contribution >= 4 is 15.9 Å². The molecule has 0 bridgehead atoms. The Labute approximate surface area is 134 Å². The molecule has 1 aromatic heterocycles. The molecule has 112 valence electrons. The Kier molecular flexibility index (Phi) is 5.76. The topological polar surface area (TPSA) is 34.1 Å². The maximum atomic E-state index is 6.05. The Morgan fingerprint density at radius 2 is 2.05 bits per heavy atom. The second-order valence-corrected chi connectivity index (χ2v) is 6.44. The number of halogens is 1. The van der Waals surface area contributed by atoms with E-state index in [-0.39, 0.29) is 0 Å². The number of aryl methyl sites for hydroxylation is 1. The molecular weight excluding hydrogens is 328 g/mol. The summed E-state index contributed by atoms with van der Waals surface area (Å²) in [5.74, 6) is 2.28. The van der Waals surface area contributed by atoms with Gasteiger partial charge in [-0.05, 0) is 43.1 Å². The van der Waals surface area contributed by atoms with E-state index in [1.165, 1.54) is 0 Å². The minimum atomic E-state index is 0.628. The quantitative estimate of drug-likeness (QED) is 0.822. The van der Waals surface area contributed by atoms with Crippen LogP contribution in [0.15, 0.2) is 41.1 Å². The van der Waals surface area contributed by atoms with E-state index in [9.17, 15) is 0 Å². The third-order valence-corrected chi connectivity index (χ3v) is 3.60. The summed E-state index contributed by atoms with van der Waals surface area (Å²) in [7, 11) is 0. The Morgan fingerprint density at radius 3 is 2.81 bits per heavy atom. The van der Waals surface area contributed by atoms with Crippen LogP contribution in [0.25, 0.3) is 0 Å². The van der Waals surface area contributed by atoms with Crippen molar-refractivity contribution in [3.05, 3.63) is 52.3 Å². The standard InChI is InChI=1S/C17H21BrN2O/c1-12(2)9-20-10-14-6-7-19-11-17(14)21-16-8-15(18)5-4-13(16)3/h4-8,11-12,20H,9-10H2,1-3H3. The Hall–Kier alpha value is -1.39. The lowest BCUT2D eigenvalue weighted by Gasteiger charge is -2.14. The lowest BCUT2D eigenvalue weighted by molar-refractivity contribution is 0.463. The van der Waals surface area contributed by atoms with Gasteiger partial charge in [0.25, 0.3) is 0 Å². The van der Waals surface area contributed by atoms with Gasteiger partial charge in [0.05, 0.1) is 6.20 Å². The van der Waals surface area contributed by atoms with Crippen LogP contribution in [0, 0.1) is 12.8 Å². The Balaban J connectivity index is 2.14. The second-order valence-electron chi connectivity index (χ2n) is 5.52. The minimum Gasteiger partial charge on any atom is -0.455 e. The number of hydrogen-bond acceptors (Lipinski definition) is 3. The highest BCUT2D eigenvalue weighted by Gasteiger charge is 2.07.